The summed E-state index contributed by atoms with van der Waals surface area (Å²) in [6.07, 6.45) is 1.54. The molecule has 0 aromatic rings. The van der Waals surface area contributed by atoms with Crippen LogP contribution in [0.25, 0.3) is 0 Å². The zero-order valence-electron chi connectivity index (χ0n) is 10.7. The molecular weight excluding hydrogens is 260 g/mol. The molecule has 108 valence electrons. The van der Waals surface area contributed by atoms with Crippen LogP contribution in [0.3, 0.4) is 0 Å². The maximum atomic E-state index is 13.5. The van der Waals surface area contributed by atoms with Crippen LogP contribution in [0.2, 0.25) is 0 Å². The Kier molecular flexibility index (Phi) is 3.98. The van der Waals surface area contributed by atoms with Gasteiger partial charge in [0.15, 0.2) is 0 Å². The highest BCUT2D eigenvalue weighted by Gasteiger charge is 2.54. The second-order valence-corrected chi connectivity index (χ2v) is 5.05. The van der Waals surface area contributed by atoms with E-state index in [0.717, 1.165) is 6.42 Å². The first-order valence-corrected chi connectivity index (χ1v) is 6.35. The second kappa shape index (κ2) is 5.36. The van der Waals surface area contributed by atoms with Crippen LogP contribution in [0.15, 0.2) is 4.99 Å². The molecule has 0 bridgehead atoms. The molecule has 1 saturated heterocycles. The summed E-state index contributed by atoms with van der Waals surface area (Å²) < 4.78 is 32.4. The molecule has 0 radical (unpaired) electrons. The molecule has 19 heavy (non-hydrogen) atoms. The molecule has 0 aromatic carbocycles. The highest BCUT2D eigenvalue weighted by molar-refractivity contribution is 5.88. The lowest BCUT2D eigenvalue weighted by atomic mass is 10.0. The number of nitrogens with zero attached hydrogens (tertiary/aromatic N) is 3. The van der Waals surface area contributed by atoms with Gasteiger partial charge in [-0.3, -0.25) is 15.1 Å². The maximum absolute atomic E-state index is 13.5. The van der Waals surface area contributed by atoms with Crippen LogP contribution >= 0.6 is 0 Å². The van der Waals surface area contributed by atoms with Crippen LogP contribution in [0.4, 0.5) is 8.78 Å². The van der Waals surface area contributed by atoms with Crippen molar-refractivity contribution in [3.63, 3.8) is 0 Å². The highest BCUT2D eigenvalue weighted by Crippen LogP contribution is 2.26. The average molecular weight is 277 g/mol. The number of halogens is 2. The molecular formula is C11H17F2N3O3. The number of hydrogen-bond acceptors (Lipinski definition) is 5. The summed E-state index contributed by atoms with van der Waals surface area (Å²) in [6.45, 7) is 3.37. The molecule has 2 rings (SSSR count). The summed E-state index contributed by atoms with van der Waals surface area (Å²) in [4.78, 5) is 13.9. The van der Waals surface area contributed by atoms with Crippen LogP contribution in [0, 0.1) is 16.0 Å². The van der Waals surface area contributed by atoms with Crippen LogP contribution in [0.5, 0.6) is 0 Å². The molecule has 1 fully saturated rings. The van der Waals surface area contributed by atoms with Gasteiger partial charge in [0.05, 0.1) is 12.7 Å². The zero-order valence-corrected chi connectivity index (χ0v) is 10.7. The second-order valence-electron chi connectivity index (χ2n) is 5.05. The van der Waals surface area contributed by atoms with Crippen LogP contribution in [0.1, 0.15) is 19.8 Å². The minimum Gasteiger partial charge on any atom is -0.378 e. The van der Waals surface area contributed by atoms with Crippen molar-refractivity contribution in [3.8, 4) is 0 Å². The lowest BCUT2D eigenvalue weighted by Gasteiger charge is -2.31. The van der Waals surface area contributed by atoms with Crippen molar-refractivity contribution < 1.29 is 18.4 Å². The number of hydrogen-bond donors (Lipinski definition) is 0. The fourth-order valence-corrected chi connectivity index (χ4v) is 2.54. The topological polar surface area (TPSA) is 68.0 Å². The van der Waals surface area contributed by atoms with E-state index in [9.17, 15) is 18.9 Å². The van der Waals surface area contributed by atoms with Gasteiger partial charge >= 0.3 is 6.05 Å². The quantitative estimate of drug-likeness (QED) is 0.442. The third-order valence-electron chi connectivity index (χ3n) is 3.41. The zero-order chi connectivity index (χ0) is 14.0. The molecule has 6 nitrogen and oxygen atoms in total. The molecule has 2 aliphatic heterocycles. The van der Waals surface area contributed by atoms with Gasteiger partial charge in [-0.15, -0.1) is 8.78 Å². The Morgan fingerprint density at radius 3 is 2.95 bits per heavy atom. The Bertz CT molecular complexity index is 389. The number of amidine groups is 1. The Hall–Kier alpha value is -1.31. The first-order chi connectivity index (χ1) is 8.91. The van der Waals surface area contributed by atoms with Gasteiger partial charge < -0.3 is 9.64 Å². The summed E-state index contributed by atoms with van der Waals surface area (Å²) in [5.74, 6) is -0.579. The third-order valence-corrected chi connectivity index (χ3v) is 3.41. The number of nitro groups is 1. The van der Waals surface area contributed by atoms with E-state index in [1.807, 2.05) is 6.92 Å². The fraction of sp³-hybridized carbons (Fsp3) is 0.909. The van der Waals surface area contributed by atoms with Gasteiger partial charge in [-0.25, -0.2) is 0 Å². The Balaban J connectivity index is 2.08. The van der Waals surface area contributed by atoms with Crippen molar-refractivity contribution in [2.75, 3.05) is 26.2 Å². The van der Waals surface area contributed by atoms with E-state index in [2.05, 4.69) is 4.99 Å². The molecule has 0 aromatic heterocycles. The largest absolute Gasteiger partial charge is 0.572 e. The van der Waals surface area contributed by atoms with E-state index >= 15 is 0 Å². The first-order valence-electron chi connectivity index (χ1n) is 6.35. The predicted octanol–water partition coefficient (Wildman–Crippen LogP) is 1.39. The van der Waals surface area contributed by atoms with Gasteiger partial charge in [-0.05, 0) is 19.8 Å². The molecule has 0 N–H and O–H groups in total. The monoisotopic (exact) mass is 277 g/mol. The lowest BCUT2D eigenvalue weighted by Crippen LogP contribution is -2.51. The van der Waals surface area contributed by atoms with Gasteiger partial charge in [-0.1, -0.05) is 0 Å². The Morgan fingerprint density at radius 2 is 2.37 bits per heavy atom. The van der Waals surface area contributed by atoms with Crippen molar-refractivity contribution >= 4 is 5.84 Å². The smallest absolute Gasteiger partial charge is 0.378 e. The normalized spacial score (nSPS) is 28.4. The number of ether oxygens (including phenoxy) is 1. The summed E-state index contributed by atoms with van der Waals surface area (Å²) in [5.41, 5.74) is 0. The minimum absolute atomic E-state index is 0.117. The van der Waals surface area contributed by atoms with E-state index in [1.165, 1.54) is 4.90 Å². The van der Waals surface area contributed by atoms with Gasteiger partial charge in [0.25, 0.3) is 5.84 Å². The summed E-state index contributed by atoms with van der Waals surface area (Å²) in [6, 6.07) is -4.11. The average Bonchev–Trinajstić information content (AvgIpc) is 2.75. The standard InChI is InChI=1S/C11H17F2N3O3/c1-8-5-9(7-19-8)6-15-4-2-3-14-10(15)11(12,13)16(17)18/h8-9H,2-7H2,1H3. The van der Waals surface area contributed by atoms with E-state index in [0.29, 0.717) is 26.1 Å². The van der Waals surface area contributed by atoms with Crippen LogP contribution < -0.4 is 0 Å². The minimum atomic E-state index is -4.11. The molecule has 0 spiro atoms. The molecule has 0 amide bonds. The first kappa shape index (κ1) is 14.1. The number of aliphatic imine (C=N–C) groups is 1. The fourth-order valence-electron chi connectivity index (χ4n) is 2.54. The summed E-state index contributed by atoms with van der Waals surface area (Å²) in [5, 5.41) is 10.5. The van der Waals surface area contributed by atoms with E-state index in [1.54, 1.807) is 0 Å². The highest BCUT2D eigenvalue weighted by atomic mass is 19.3. The summed E-state index contributed by atoms with van der Waals surface area (Å²) in [7, 11) is 0. The van der Waals surface area contributed by atoms with Crippen LogP contribution in [-0.2, 0) is 4.74 Å². The number of rotatable bonds is 4. The van der Waals surface area contributed by atoms with Crippen molar-refractivity contribution in [2.45, 2.75) is 31.9 Å². The van der Waals surface area contributed by atoms with Gasteiger partial charge in [0, 0.05) is 25.6 Å². The Morgan fingerprint density at radius 1 is 1.63 bits per heavy atom. The molecule has 0 aliphatic carbocycles. The van der Waals surface area contributed by atoms with Gasteiger partial charge in [0.2, 0.25) is 0 Å². The van der Waals surface area contributed by atoms with E-state index in [-0.39, 0.29) is 18.6 Å². The molecule has 2 atom stereocenters. The van der Waals surface area contributed by atoms with Crippen molar-refractivity contribution in [3.05, 3.63) is 10.1 Å². The van der Waals surface area contributed by atoms with Crippen molar-refractivity contribution in [1.29, 1.82) is 0 Å². The molecule has 8 heteroatoms. The molecule has 2 aliphatic rings. The molecule has 0 saturated carbocycles. The van der Waals surface area contributed by atoms with Crippen molar-refractivity contribution in [2.24, 2.45) is 10.9 Å². The van der Waals surface area contributed by atoms with Crippen LogP contribution in [-0.4, -0.2) is 54.1 Å². The maximum Gasteiger partial charge on any atom is 0.572 e. The predicted molar refractivity (Wildman–Crippen MR) is 64.0 cm³/mol. The summed E-state index contributed by atoms with van der Waals surface area (Å²) >= 11 is 0. The SMILES string of the molecule is CC1CC(CN2CCCN=C2C(F)(F)[N+](=O)[O-])CO1. The number of alkyl halides is 2. The van der Waals surface area contributed by atoms with Gasteiger partial charge in [-0.2, -0.15) is 0 Å². The van der Waals surface area contributed by atoms with Gasteiger partial charge in [0.1, 0.15) is 4.92 Å². The van der Waals surface area contributed by atoms with Crippen molar-refractivity contribution in [1.82, 2.24) is 4.90 Å². The van der Waals surface area contributed by atoms with E-state index < -0.39 is 16.8 Å². The lowest BCUT2D eigenvalue weighted by molar-refractivity contribution is -0.618. The Labute approximate surface area is 109 Å². The molecule has 2 heterocycles. The third kappa shape index (κ3) is 2.99. The molecule has 2 unspecified atom stereocenters. The van der Waals surface area contributed by atoms with E-state index in [4.69, 9.17) is 4.74 Å².